The molecule has 0 aliphatic carbocycles. The number of para-hydroxylation sites is 2. The number of benzene rings is 2. The Kier molecular flexibility index (Phi) is 4.48. The third kappa shape index (κ3) is 3.46. The topological polar surface area (TPSA) is 49.4 Å². The normalized spacial score (nSPS) is 13.8. The fraction of sp³-hybridized carbons (Fsp3) is 0.111. The maximum absolute atomic E-state index is 12.5. The summed E-state index contributed by atoms with van der Waals surface area (Å²) >= 11 is 1.67. The number of nitrogens with one attached hydrogen (secondary N) is 1. The highest BCUT2D eigenvalue weighted by molar-refractivity contribution is 7.98. The lowest BCUT2D eigenvalue weighted by molar-refractivity contribution is -0.119. The first-order chi connectivity index (χ1) is 11.2. The van der Waals surface area contributed by atoms with Crippen molar-refractivity contribution in [1.29, 1.82) is 0 Å². The molecule has 2 aromatic carbocycles. The molecule has 2 amide bonds. The van der Waals surface area contributed by atoms with Gasteiger partial charge in [-0.05, 0) is 42.2 Å². The summed E-state index contributed by atoms with van der Waals surface area (Å²) in [4.78, 5) is 26.9. The minimum atomic E-state index is -0.207. The van der Waals surface area contributed by atoms with Gasteiger partial charge in [0.05, 0.1) is 11.4 Å². The summed E-state index contributed by atoms with van der Waals surface area (Å²) in [5, 5.41) is 2.77. The Balaban J connectivity index is 1.80. The summed E-state index contributed by atoms with van der Waals surface area (Å²) in [7, 11) is 0. The van der Waals surface area contributed by atoms with Crippen molar-refractivity contribution in [2.24, 2.45) is 0 Å². The predicted octanol–water partition coefficient (Wildman–Crippen LogP) is 3.41. The average Bonchev–Trinajstić information content (AvgIpc) is 2.59. The molecule has 0 bridgehead atoms. The molecule has 23 heavy (non-hydrogen) atoms. The molecule has 1 aliphatic rings. The first-order valence-electron chi connectivity index (χ1n) is 7.20. The molecule has 0 saturated heterocycles. The molecule has 0 unspecified atom stereocenters. The highest BCUT2D eigenvalue weighted by atomic mass is 32.2. The summed E-state index contributed by atoms with van der Waals surface area (Å²) in [5.41, 5.74) is 2.33. The minimum Gasteiger partial charge on any atom is -0.323 e. The van der Waals surface area contributed by atoms with Crippen LogP contribution >= 0.6 is 11.8 Å². The number of amides is 2. The molecule has 116 valence electrons. The Hall–Kier alpha value is -2.53. The SMILES string of the molecule is CSc1ccc(C=CC(=O)N2CC(=O)Nc3ccccc32)cc1. The lowest BCUT2D eigenvalue weighted by Gasteiger charge is -2.28. The maximum atomic E-state index is 12.5. The molecule has 1 heterocycles. The van der Waals surface area contributed by atoms with Gasteiger partial charge in [0.2, 0.25) is 5.91 Å². The average molecular weight is 324 g/mol. The van der Waals surface area contributed by atoms with Gasteiger partial charge in [-0.2, -0.15) is 0 Å². The zero-order chi connectivity index (χ0) is 16.2. The fourth-order valence-corrected chi connectivity index (χ4v) is 2.81. The van der Waals surface area contributed by atoms with Gasteiger partial charge in [-0.15, -0.1) is 11.8 Å². The van der Waals surface area contributed by atoms with Gasteiger partial charge in [0, 0.05) is 11.0 Å². The number of anilines is 2. The van der Waals surface area contributed by atoms with Crippen molar-refractivity contribution in [1.82, 2.24) is 0 Å². The van der Waals surface area contributed by atoms with Crippen LogP contribution in [-0.4, -0.2) is 24.6 Å². The van der Waals surface area contributed by atoms with Gasteiger partial charge in [0.25, 0.3) is 5.91 Å². The summed E-state index contributed by atoms with van der Waals surface area (Å²) in [6.07, 6.45) is 5.29. The quantitative estimate of drug-likeness (QED) is 0.695. The van der Waals surface area contributed by atoms with E-state index in [1.165, 1.54) is 15.9 Å². The minimum absolute atomic E-state index is 0.0333. The molecule has 0 spiro atoms. The van der Waals surface area contributed by atoms with Gasteiger partial charge < -0.3 is 5.32 Å². The van der Waals surface area contributed by atoms with E-state index in [4.69, 9.17) is 0 Å². The van der Waals surface area contributed by atoms with Crippen molar-refractivity contribution in [3.8, 4) is 0 Å². The van der Waals surface area contributed by atoms with Crippen LogP contribution in [0, 0.1) is 0 Å². The Bertz CT molecular complexity index is 769. The molecule has 1 aliphatic heterocycles. The molecule has 0 atom stereocenters. The van der Waals surface area contributed by atoms with Crippen molar-refractivity contribution in [2.45, 2.75) is 4.90 Å². The van der Waals surface area contributed by atoms with E-state index in [-0.39, 0.29) is 18.4 Å². The van der Waals surface area contributed by atoms with Crippen molar-refractivity contribution in [3.05, 3.63) is 60.2 Å². The number of carbonyl (C=O) groups excluding carboxylic acids is 2. The van der Waals surface area contributed by atoms with E-state index in [1.54, 1.807) is 23.9 Å². The van der Waals surface area contributed by atoms with E-state index in [9.17, 15) is 9.59 Å². The number of nitrogens with zero attached hydrogens (tertiary/aromatic N) is 1. The summed E-state index contributed by atoms with van der Waals surface area (Å²) in [6, 6.07) is 15.2. The predicted molar refractivity (Wildman–Crippen MR) is 94.7 cm³/mol. The highest BCUT2D eigenvalue weighted by Gasteiger charge is 2.24. The molecular weight excluding hydrogens is 308 g/mol. The Morgan fingerprint density at radius 1 is 1.17 bits per heavy atom. The molecule has 0 radical (unpaired) electrons. The Morgan fingerprint density at radius 2 is 1.91 bits per heavy atom. The van der Waals surface area contributed by atoms with E-state index < -0.39 is 0 Å². The number of fused-ring (bicyclic) bond motifs is 1. The number of hydrogen-bond acceptors (Lipinski definition) is 3. The number of thioether (sulfide) groups is 1. The third-order valence-electron chi connectivity index (χ3n) is 3.57. The largest absolute Gasteiger partial charge is 0.323 e. The van der Waals surface area contributed by atoms with Crippen molar-refractivity contribution >= 4 is 41.0 Å². The van der Waals surface area contributed by atoms with E-state index >= 15 is 0 Å². The summed E-state index contributed by atoms with van der Waals surface area (Å²) < 4.78 is 0. The lowest BCUT2D eigenvalue weighted by Crippen LogP contribution is -2.41. The second kappa shape index (κ2) is 6.71. The number of carbonyl (C=O) groups is 2. The highest BCUT2D eigenvalue weighted by Crippen LogP contribution is 2.29. The van der Waals surface area contributed by atoms with Crippen LogP contribution < -0.4 is 10.2 Å². The van der Waals surface area contributed by atoms with Gasteiger partial charge in [-0.1, -0.05) is 24.3 Å². The maximum Gasteiger partial charge on any atom is 0.251 e. The molecule has 5 heteroatoms. The van der Waals surface area contributed by atoms with Crippen LogP contribution in [0.3, 0.4) is 0 Å². The van der Waals surface area contributed by atoms with Gasteiger partial charge in [-0.25, -0.2) is 0 Å². The second-order valence-electron chi connectivity index (χ2n) is 5.10. The summed E-state index contributed by atoms with van der Waals surface area (Å²) in [6.45, 7) is 0.0333. The molecule has 2 aromatic rings. The van der Waals surface area contributed by atoms with Gasteiger partial charge >= 0.3 is 0 Å². The van der Waals surface area contributed by atoms with Gasteiger partial charge in [0.1, 0.15) is 6.54 Å². The Morgan fingerprint density at radius 3 is 2.65 bits per heavy atom. The van der Waals surface area contributed by atoms with Gasteiger partial charge in [-0.3, -0.25) is 14.5 Å². The van der Waals surface area contributed by atoms with E-state index in [0.717, 1.165) is 11.3 Å². The zero-order valence-electron chi connectivity index (χ0n) is 12.7. The van der Waals surface area contributed by atoms with Crippen LogP contribution in [0.15, 0.2) is 59.5 Å². The van der Waals surface area contributed by atoms with E-state index in [2.05, 4.69) is 5.32 Å². The van der Waals surface area contributed by atoms with E-state index in [1.807, 2.05) is 48.7 Å². The van der Waals surface area contributed by atoms with Crippen molar-refractivity contribution < 1.29 is 9.59 Å². The standard InChI is InChI=1S/C18H16N2O2S/c1-23-14-9-6-13(7-10-14)8-11-18(22)20-12-17(21)19-15-4-2-3-5-16(15)20/h2-11H,12H2,1H3,(H,19,21). The van der Waals surface area contributed by atoms with Crippen LogP contribution in [0.5, 0.6) is 0 Å². The lowest BCUT2D eigenvalue weighted by atomic mass is 10.1. The second-order valence-corrected chi connectivity index (χ2v) is 5.98. The third-order valence-corrected chi connectivity index (χ3v) is 4.31. The first kappa shape index (κ1) is 15.4. The monoisotopic (exact) mass is 324 g/mol. The number of hydrogen-bond donors (Lipinski definition) is 1. The van der Waals surface area contributed by atoms with Crippen LogP contribution in [0.25, 0.3) is 6.08 Å². The van der Waals surface area contributed by atoms with Gasteiger partial charge in [0.15, 0.2) is 0 Å². The molecule has 0 aromatic heterocycles. The first-order valence-corrected chi connectivity index (χ1v) is 8.42. The molecule has 0 saturated carbocycles. The summed E-state index contributed by atoms with van der Waals surface area (Å²) in [5.74, 6) is -0.393. The smallest absolute Gasteiger partial charge is 0.251 e. The van der Waals surface area contributed by atoms with Crippen molar-refractivity contribution in [3.63, 3.8) is 0 Å². The zero-order valence-corrected chi connectivity index (χ0v) is 13.5. The van der Waals surface area contributed by atoms with Crippen molar-refractivity contribution in [2.75, 3.05) is 23.0 Å². The molecule has 3 rings (SSSR count). The number of rotatable bonds is 3. The fourth-order valence-electron chi connectivity index (χ4n) is 2.40. The van der Waals surface area contributed by atoms with Crippen LogP contribution in [0.2, 0.25) is 0 Å². The van der Waals surface area contributed by atoms with E-state index in [0.29, 0.717) is 5.69 Å². The molecular formula is C18H16N2O2S. The van der Waals surface area contributed by atoms with Crippen LogP contribution in [0.4, 0.5) is 11.4 Å². The Labute approximate surface area is 139 Å². The molecule has 0 fully saturated rings. The molecule has 1 N–H and O–H groups in total. The molecule has 4 nitrogen and oxygen atoms in total. The van der Waals surface area contributed by atoms with Crippen LogP contribution in [-0.2, 0) is 9.59 Å². The van der Waals surface area contributed by atoms with Crippen LogP contribution in [0.1, 0.15) is 5.56 Å².